The van der Waals surface area contributed by atoms with Crippen LogP contribution in [0.5, 0.6) is 0 Å². The first-order valence-electron chi connectivity index (χ1n) is 5.58. The van der Waals surface area contributed by atoms with Gasteiger partial charge in [0.2, 0.25) is 5.91 Å². The Morgan fingerprint density at radius 2 is 1.93 bits per heavy atom. The average Bonchev–Trinajstić information content (AvgIpc) is 2.18. The SMILES string of the molecule is CC(=O)NCC(C(=O)O)C1CCCCC1. The Hall–Kier alpha value is -1.06. The number of rotatable bonds is 4. The van der Waals surface area contributed by atoms with E-state index >= 15 is 0 Å². The maximum absolute atomic E-state index is 11.1. The summed E-state index contributed by atoms with van der Waals surface area (Å²) >= 11 is 0. The van der Waals surface area contributed by atoms with Crippen molar-refractivity contribution in [3.8, 4) is 0 Å². The molecule has 0 radical (unpaired) electrons. The van der Waals surface area contributed by atoms with Crippen LogP contribution in [0.1, 0.15) is 39.0 Å². The van der Waals surface area contributed by atoms with Crippen molar-refractivity contribution in [2.45, 2.75) is 39.0 Å². The second-order valence-electron chi connectivity index (χ2n) is 4.28. The van der Waals surface area contributed by atoms with Gasteiger partial charge in [0, 0.05) is 13.5 Å². The molecule has 1 saturated carbocycles. The Morgan fingerprint density at radius 3 is 2.40 bits per heavy atom. The van der Waals surface area contributed by atoms with E-state index in [4.69, 9.17) is 5.11 Å². The molecule has 1 amide bonds. The quantitative estimate of drug-likeness (QED) is 0.742. The van der Waals surface area contributed by atoms with Gasteiger partial charge >= 0.3 is 5.97 Å². The van der Waals surface area contributed by atoms with Gasteiger partial charge < -0.3 is 10.4 Å². The summed E-state index contributed by atoms with van der Waals surface area (Å²) in [6, 6.07) is 0. The first kappa shape index (κ1) is 12.0. The molecule has 0 saturated heterocycles. The minimum Gasteiger partial charge on any atom is -0.481 e. The van der Waals surface area contributed by atoms with Gasteiger partial charge in [-0.25, -0.2) is 0 Å². The molecule has 1 aliphatic carbocycles. The molecule has 15 heavy (non-hydrogen) atoms. The van der Waals surface area contributed by atoms with Gasteiger partial charge in [-0.1, -0.05) is 19.3 Å². The van der Waals surface area contributed by atoms with Gasteiger partial charge in [-0.05, 0) is 18.8 Å². The van der Waals surface area contributed by atoms with E-state index in [2.05, 4.69) is 5.32 Å². The zero-order valence-corrected chi connectivity index (χ0v) is 9.16. The van der Waals surface area contributed by atoms with Gasteiger partial charge in [0.1, 0.15) is 0 Å². The summed E-state index contributed by atoms with van der Waals surface area (Å²) in [6.45, 7) is 1.69. The molecule has 0 aliphatic heterocycles. The largest absolute Gasteiger partial charge is 0.481 e. The van der Waals surface area contributed by atoms with E-state index in [1.807, 2.05) is 0 Å². The molecule has 2 N–H and O–H groups in total. The van der Waals surface area contributed by atoms with Crippen molar-refractivity contribution in [2.75, 3.05) is 6.54 Å². The third-order valence-corrected chi connectivity index (χ3v) is 3.11. The number of amides is 1. The van der Waals surface area contributed by atoms with Crippen molar-refractivity contribution < 1.29 is 14.7 Å². The summed E-state index contributed by atoms with van der Waals surface area (Å²) in [5.41, 5.74) is 0. The number of carboxylic acid groups (broad SMARTS) is 1. The second kappa shape index (κ2) is 5.73. The highest BCUT2D eigenvalue weighted by atomic mass is 16.4. The average molecular weight is 213 g/mol. The van der Waals surface area contributed by atoms with Crippen LogP contribution in [0.25, 0.3) is 0 Å². The van der Waals surface area contributed by atoms with Crippen LogP contribution in [0.3, 0.4) is 0 Å². The third kappa shape index (κ3) is 3.90. The third-order valence-electron chi connectivity index (χ3n) is 3.11. The van der Waals surface area contributed by atoms with Crippen molar-refractivity contribution in [3.05, 3.63) is 0 Å². The molecule has 1 rings (SSSR count). The fraction of sp³-hybridized carbons (Fsp3) is 0.818. The molecule has 4 nitrogen and oxygen atoms in total. The summed E-state index contributed by atoms with van der Waals surface area (Å²) in [7, 11) is 0. The van der Waals surface area contributed by atoms with Gasteiger partial charge in [0.15, 0.2) is 0 Å². The Kier molecular flexibility index (Phi) is 4.59. The summed E-state index contributed by atoms with van der Waals surface area (Å²) < 4.78 is 0. The number of aliphatic carboxylic acids is 1. The smallest absolute Gasteiger partial charge is 0.308 e. The molecular weight excluding hydrogens is 194 g/mol. The topological polar surface area (TPSA) is 66.4 Å². The van der Waals surface area contributed by atoms with Gasteiger partial charge in [-0.3, -0.25) is 9.59 Å². The summed E-state index contributed by atoms with van der Waals surface area (Å²) in [5.74, 6) is -1.11. The van der Waals surface area contributed by atoms with E-state index in [9.17, 15) is 9.59 Å². The monoisotopic (exact) mass is 213 g/mol. The molecule has 0 spiro atoms. The lowest BCUT2D eigenvalue weighted by atomic mass is 9.80. The van der Waals surface area contributed by atoms with Crippen LogP contribution in [0.15, 0.2) is 0 Å². The van der Waals surface area contributed by atoms with Gasteiger partial charge in [0.25, 0.3) is 0 Å². The fourth-order valence-electron chi connectivity index (χ4n) is 2.25. The van der Waals surface area contributed by atoms with Crippen molar-refractivity contribution in [1.29, 1.82) is 0 Å². The van der Waals surface area contributed by atoms with E-state index in [-0.39, 0.29) is 18.4 Å². The number of hydrogen-bond acceptors (Lipinski definition) is 2. The molecule has 0 bridgehead atoms. The Balaban J connectivity index is 2.48. The van der Waals surface area contributed by atoms with E-state index in [1.165, 1.54) is 13.3 Å². The van der Waals surface area contributed by atoms with Gasteiger partial charge in [0.05, 0.1) is 5.92 Å². The highest BCUT2D eigenvalue weighted by Crippen LogP contribution is 2.29. The number of carbonyl (C=O) groups excluding carboxylic acids is 1. The molecule has 1 unspecified atom stereocenters. The van der Waals surface area contributed by atoms with Crippen LogP contribution in [0.2, 0.25) is 0 Å². The summed E-state index contributed by atoms with van der Waals surface area (Å²) in [6.07, 6.45) is 5.42. The minimum atomic E-state index is -0.782. The highest BCUT2D eigenvalue weighted by molar-refractivity contribution is 5.75. The second-order valence-corrected chi connectivity index (χ2v) is 4.28. The van der Waals surface area contributed by atoms with Gasteiger partial charge in [-0.2, -0.15) is 0 Å². The predicted octanol–water partition coefficient (Wildman–Crippen LogP) is 1.40. The van der Waals surface area contributed by atoms with Crippen LogP contribution in [-0.2, 0) is 9.59 Å². The number of carbonyl (C=O) groups is 2. The van der Waals surface area contributed by atoms with Crippen molar-refractivity contribution >= 4 is 11.9 Å². The molecular formula is C11H19NO3. The van der Waals surface area contributed by atoms with Crippen LogP contribution in [0, 0.1) is 11.8 Å². The molecule has 1 fully saturated rings. The van der Waals surface area contributed by atoms with Crippen molar-refractivity contribution in [1.82, 2.24) is 5.32 Å². The first-order valence-corrected chi connectivity index (χ1v) is 5.58. The molecule has 86 valence electrons. The van der Waals surface area contributed by atoms with Crippen LogP contribution >= 0.6 is 0 Å². The summed E-state index contributed by atoms with van der Waals surface area (Å²) in [4.78, 5) is 21.8. The van der Waals surface area contributed by atoms with Crippen molar-refractivity contribution in [2.24, 2.45) is 11.8 Å². The zero-order valence-electron chi connectivity index (χ0n) is 9.16. The van der Waals surface area contributed by atoms with Gasteiger partial charge in [-0.15, -0.1) is 0 Å². The number of nitrogens with one attached hydrogen (secondary N) is 1. The molecule has 4 heteroatoms. The standard InChI is InChI=1S/C11H19NO3/c1-8(13)12-7-10(11(14)15)9-5-3-2-4-6-9/h9-10H,2-7H2,1H3,(H,12,13)(H,14,15). The number of hydrogen-bond donors (Lipinski definition) is 2. The van der Waals surface area contributed by atoms with Crippen molar-refractivity contribution in [3.63, 3.8) is 0 Å². The maximum atomic E-state index is 11.1. The van der Waals surface area contributed by atoms with Crippen LogP contribution < -0.4 is 5.32 Å². The molecule has 0 heterocycles. The van der Waals surface area contributed by atoms with E-state index in [1.54, 1.807) is 0 Å². The number of carboxylic acids is 1. The lowest BCUT2D eigenvalue weighted by molar-refractivity contribution is -0.144. The van der Waals surface area contributed by atoms with Crippen LogP contribution in [0.4, 0.5) is 0 Å². The minimum absolute atomic E-state index is 0.156. The van der Waals surface area contributed by atoms with E-state index in [0.29, 0.717) is 0 Å². The lowest BCUT2D eigenvalue weighted by Crippen LogP contribution is -2.36. The predicted molar refractivity (Wildman–Crippen MR) is 56.4 cm³/mol. The molecule has 0 aromatic rings. The molecule has 1 aliphatic rings. The molecule has 0 aromatic heterocycles. The highest BCUT2D eigenvalue weighted by Gasteiger charge is 2.29. The Morgan fingerprint density at radius 1 is 1.33 bits per heavy atom. The normalized spacial score (nSPS) is 19.5. The maximum Gasteiger partial charge on any atom is 0.308 e. The van der Waals surface area contributed by atoms with E-state index < -0.39 is 11.9 Å². The summed E-state index contributed by atoms with van der Waals surface area (Å²) in [5, 5.41) is 11.7. The first-order chi connectivity index (χ1) is 7.11. The fourth-order valence-corrected chi connectivity index (χ4v) is 2.25. The Labute approximate surface area is 90.0 Å². The molecule has 1 atom stereocenters. The Bertz CT molecular complexity index is 234. The van der Waals surface area contributed by atoms with Crippen LogP contribution in [-0.4, -0.2) is 23.5 Å². The van der Waals surface area contributed by atoms with E-state index in [0.717, 1.165) is 25.7 Å². The zero-order chi connectivity index (χ0) is 11.3. The lowest BCUT2D eigenvalue weighted by Gasteiger charge is -2.27. The molecule has 0 aromatic carbocycles.